The van der Waals surface area contributed by atoms with E-state index in [2.05, 4.69) is 16.8 Å². The minimum absolute atomic E-state index is 0.142. The summed E-state index contributed by atoms with van der Waals surface area (Å²) in [6, 6.07) is 7.09. The maximum atomic E-state index is 12.3. The monoisotopic (exact) mass is 301 g/mol. The van der Waals surface area contributed by atoms with E-state index in [0.29, 0.717) is 17.7 Å². The van der Waals surface area contributed by atoms with E-state index >= 15 is 0 Å². The lowest BCUT2D eigenvalue weighted by Crippen LogP contribution is -2.35. The first kappa shape index (κ1) is 15.2. The van der Waals surface area contributed by atoms with Gasteiger partial charge in [0.2, 0.25) is 0 Å². The summed E-state index contributed by atoms with van der Waals surface area (Å²) >= 11 is 0. The fourth-order valence-corrected chi connectivity index (χ4v) is 3.22. The van der Waals surface area contributed by atoms with E-state index in [1.165, 1.54) is 11.3 Å². The van der Waals surface area contributed by atoms with Crippen LogP contribution >= 0.6 is 0 Å². The summed E-state index contributed by atoms with van der Waals surface area (Å²) in [5.41, 5.74) is 1.09. The van der Waals surface area contributed by atoms with Crippen molar-refractivity contribution in [2.24, 2.45) is 0 Å². The first-order chi connectivity index (χ1) is 10.7. The Kier molecular flexibility index (Phi) is 4.55. The fourth-order valence-electron chi connectivity index (χ4n) is 3.22. The van der Waals surface area contributed by atoms with Gasteiger partial charge in [-0.15, -0.1) is 0 Å². The minimum atomic E-state index is -0.142. The van der Waals surface area contributed by atoms with Gasteiger partial charge in [0.15, 0.2) is 0 Å². The molecule has 0 aromatic heterocycles. The molecule has 2 aliphatic heterocycles. The molecule has 5 heteroatoms. The van der Waals surface area contributed by atoms with Gasteiger partial charge in [0.25, 0.3) is 11.8 Å². The third kappa shape index (κ3) is 3.05. The SMILES string of the molecule is CN1CCCN(CCCN2C(=O)c3ccccc3C2=O)CC1. The highest BCUT2D eigenvalue weighted by molar-refractivity contribution is 6.21. The second-order valence-corrected chi connectivity index (χ2v) is 6.16. The van der Waals surface area contributed by atoms with Gasteiger partial charge in [-0.3, -0.25) is 14.5 Å². The third-order valence-corrected chi connectivity index (χ3v) is 4.55. The van der Waals surface area contributed by atoms with Gasteiger partial charge in [-0.05, 0) is 51.7 Å². The van der Waals surface area contributed by atoms with Gasteiger partial charge in [0, 0.05) is 19.6 Å². The number of carbonyl (C=O) groups is 2. The number of fused-ring (bicyclic) bond motifs is 1. The van der Waals surface area contributed by atoms with Crippen molar-refractivity contribution in [3.05, 3.63) is 35.4 Å². The average molecular weight is 301 g/mol. The number of hydrogen-bond donors (Lipinski definition) is 0. The topological polar surface area (TPSA) is 43.9 Å². The molecule has 2 heterocycles. The van der Waals surface area contributed by atoms with Crippen LogP contribution in [0.4, 0.5) is 0 Å². The van der Waals surface area contributed by atoms with E-state index in [4.69, 9.17) is 0 Å². The van der Waals surface area contributed by atoms with Crippen LogP contribution in [0.3, 0.4) is 0 Å². The van der Waals surface area contributed by atoms with Crippen LogP contribution in [0.15, 0.2) is 24.3 Å². The van der Waals surface area contributed by atoms with Crippen molar-refractivity contribution >= 4 is 11.8 Å². The highest BCUT2D eigenvalue weighted by Crippen LogP contribution is 2.22. The summed E-state index contributed by atoms with van der Waals surface area (Å²) in [4.78, 5) is 30.7. The predicted octanol–water partition coefficient (Wildman–Crippen LogP) is 1.31. The maximum absolute atomic E-state index is 12.3. The van der Waals surface area contributed by atoms with E-state index in [1.54, 1.807) is 24.3 Å². The highest BCUT2D eigenvalue weighted by Gasteiger charge is 2.34. The zero-order valence-electron chi connectivity index (χ0n) is 13.1. The van der Waals surface area contributed by atoms with Crippen LogP contribution in [-0.2, 0) is 0 Å². The molecule has 0 bridgehead atoms. The Balaban J connectivity index is 1.52. The molecule has 0 N–H and O–H groups in total. The van der Waals surface area contributed by atoms with Crippen LogP contribution < -0.4 is 0 Å². The number of rotatable bonds is 4. The number of benzene rings is 1. The first-order valence-electron chi connectivity index (χ1n) is 8.03. The summed E-state index contributed by atoms with van der Waals surface area (Å²) in [6.45, 7) is 5.87. The van der Waals surface area contributed by atoms with Gasteiger partial charge in [-0.2, -0.15) is 0 Å². The maximum Gasteiger partial charge on any atom is 0.261 e. The van der Waals surface area contributed by atoms with E-state index in [1.807, 2.05) is 0 Å². The van der Waals surface area contributed by atoms with Crippen LogP contribution in [0.2, 0.25) is 0 Å². The molecule has 0 spiro atoms. The van der Waals surface area contributed by atoms with Crippen LogP contribution in [-0.4, -0.2) is 72.8 Å². The molecular formula is C17H23N3O2. The summed E-state index contributed by atoms with van der Waals surface area (Å²) < 4.78 is 0. The second-order valence-electron chi connectivity index (χ2n) is 6.16. The molecule has 1 aromatic rings. The van der Waals surface area contributed by atoms with Crippen LogP contribution in [0.5, 0.6) is 0 Å². The Morgan fingerprint density at radius 1 is 0.909 bits per heavy atom. The van der Waals surface area contributed by atoms with E-state index in [0.717, 1.165) is 39.1 Å². The zero-order valence-corrected chi connectivity index (χ0v) is 13.1. The Morgan fingerprint density at radius 3 is 2.27 bits per heavy atom. The van der Waals surface area contributed by atoms with E-state index in [-0.39, 0.29) is 11.8 Å². The fraction of sp³-hybridized carbons (Fsp3) is 0.529. The molecule has 2 amide bonds. The number of hydrogen-bond acceptors (Lipinski definition) is 4. The van der Waals surface area contributed by atoms with Gasteiger partial charge in [0.1, 0.15) is 0 Å². The first-order valence-corrected chi connectivity index (χ1v) is 8.03. The lowest BCUT2D eigenvalue weighted by atomic mass is 10.1. The molecule has 5 nitrogen and oxygen atoms in total. The molecule has 22 heavy (non-hydrogen) atoms. The molecule has 0 unspecified atom stereocenters. The number of amides is 2. The summed E-state index contributed by atoms with van der Waals surface area (Å²) in [5, 5.41) is 0. The lowest BCUT2D eigenvalue weighted by Gasteiger charge is -2.21. The van der Waals surface area contributed by atoms with Gasteiger partial charge in [0.05, 0.1) is 11.1 Å². The number of carbonyl (C=O) groups excluding carboxylic acids is 2. The molecule has 118 valence electrons. The van der Waals surface area contributed by atoms with Crippen molar-refractivity contribution in [1.82, 2.24) is 14.7 Å². The highest BCUT2D eigenvalue weighted by atomic mass is 16.2. The predicted molar refractivity (Wildman–Crippen MR) is 85.0 cm³/mol. The number of nitrogens with zero attached hydrogens (tertiary/aromatic N) is 3. The molecule has 3 rings (SSSR count). The molecule has 1 aromatic carbocycles. The molecular weight excluding hydrogens is 278 g/mol. The molecule has 2 aliphatic rings. The van der Waals surface area contributed by atoms with Crippen molar-refractivity contribution in [3.63, 3.8) is 0 Å². The van der Waals surface area contributed by atoms with Crippen molar-refractivity contribution in [2.75, 3.05) is 46.3 Å². The third-order valence-electron chi connectivity index (χ3n) is 4.55. The largest absolute Gasteiger partial charge is 0.305 e. The Hall–Kier alpha value is -1.72. The Labute approximate surface area is 131 Å². The van der Waals surface area contributed by atoms with E-state index in [9.17, 15) is 9.59 Å². The summed E-state index contributed by atoms with van der Waals surface area (Å²) in [6.07, 6.45) is 2.03. The van der Waals surface area contributed by atoms with Gasteiger partial charge < -0.3 is 9.80 Å². The molecule has 1 fully saturated rings. The molecule has 1 saturated heterocycles. The van der Waals surface area contributed by atoms with Crippen LogP contribution in [0.1, 0.15) is 33.6 Å². The van der Waals surface area contributed by atoms with Crippen LogP contribution in [0, 0.1) is 0 Å². The number of imide groups is 1. The standard InChI is InChI=1S/C17H23N3O2/c1-18-8-4-9-19(13-12-18)10-5-11-20-16(21)14-6-2-3-7-15(14)17(20)22/h2-3,6-7H,4-5,8-13H2,1H3. The summed E-state index contributed by atoms with van der Waals surface area (Å²) in [7, 11) is 2.16. The van der Waals surface area contributed by atoms with Crippen molar-refractivity contribution < 1.29 is 9.59 Å². The zero-order chi connectivity index (χ0) is 15.5. The van der Waals surface area contributed by atoms with Crippen molar-refractivity contribution in [2.45, 2.75) is 12.8 Å². The summed E-state index contributed by atoms with van der Waals surface area (Å²) in [5.74, 6) is -0.285. The lowest BCUT2D eigenvalue weighted by molar-refractivity contribution is 0.0647. The Bertz CT molecular complexity index is 538. The minimum Gasteiger partial charge on any atom is -0.305 e. The quantitative estimate of drug-likeness (QED) is 0.787. The van der Waals surface area contributed by atoms with Crippen molar-refractivity contribution in [3.8, 4) is 0 Å². The normalized spacial score (nSPS) is 20.3. The van der Waals surface area contributed by atoms with Gasteiger partial charge in [-0.25, -0.2) is 0 Å². The molecule has 0 aliphatic carbocycles. The van der Waals surface area contributed by atoms with Crippen LogP contribution in [0.25, 0.3) is 0 Å². The molecule has 0 saturated carbocycles. The number of likely N-dealkylation sites (N-methyl/N-ethyl adjacent to an activating group) is 1. The Morgan fingerprint density at radius 2 is 1.59 bits per heavy atom. The molecule has 0 radical (unpaired) electrons. The van der Waals surface area contributed by atoms with Gasteiger partial charge >= 0.3 is 0 Å². The van der Waals surface area contributed by atoms with Crippen molar-refractivity contribution in [1.29, 1.82) is 0 Å². The van der Waals surface area contributed by atoms with Gasteiger partial charge in [-0.1, -0.05) is 12.1 Å². The average Bonchev–Trinajstić information content (AvgIpc) is 2.68. The second kappa shape index (κ2) is 6.58. The smallest absolute Gasteiger partial charge is 0.261 e. The molecule has 0 atom stereocenters. The van der Waals surface area contributed by atoms with E-state index < -0.39 is 0 Å².